The summed E-state index contributed by atoms with van der Waals surface area (Å²) in [7, 11) is 0. The zero-order valence-electron chi connectivity index (χ0n) is 18.9. The topological polar surface area (TPSA) is 67.4 Å². The molecule has 4 aromatic rings. The molecule has 0 aliphatic carbocycles. The minimum absolute atomic E-state index is 0.324. The van der Waals surface area contributed by atoms with E-state index in [0.29, 0.717) is 34.3 Å². The number of hydrogen-bond donors (Lipinski definition) is 1. The number of thioether (sulfide) groups is 1. The van der Waals surface area contributed by atoms with Crippen LogP contribution in [-0.2, 0) is 4.87 Å². The molecule has 0 radical (unpaired) electrons. The summed E-state index contributed by atoms with van der Waals surface area (Å²) >= 11 is 2.78. The third kappa shape index (κ3) is 4.24. The first-order valence-corrected chi connectivity index (χ1v) is 12.8. The SMILES string of the molecule is Cc1nnc(N2N=C(c3ccccc3F)SC2(c2ccccc2)C(CCN)c2ccccc2F)s1. The van der Waals surface area contributed by atoms with Crippen LogP contribution in [0.5, 0.6) is 0 Å². The lowest BCUT2D eigenvalue weighted by Gasteiger charge is -2.42. The van der Waals surface area contributed by atoms with Gasteiger partial charge in [-0.05, 0) is 49.2 Å². The summed E-state index contributed by atoms with van der Waals surface area (Å²) in [4.78, 5) is -0.980. The van der Waals surface area contributed by atoms with E-state index in [1.807, 2.05) is 43.3 Å². The fraction of sp³-hybridized carbons (Fsp3) is 0.192. The number of rotatable bonds is 7. The Bertz CT molecular complexity index is 1360. The molecule has 2 atom stereocenters. The molecule has 5 nitrogen and oxygen atoms in total. The minimum atomic E-state index is -0.980. The summed E-state index contributed by atoms with van der Waals surface area (Å²) < 4.78 is 30.3. The first-order chi connectivity index (χ1) is 17.0. The Kier molecular flexibility index (Phi) is 6.64. The molecule has 3 aromatic carbocycles. The Balaban J connectivity index is 1.79. The van der Waals surface area contributed by atoms with Gasteiger partial charge < -0.3 is 5.73 Å². The fourth-order valence-electron chi connectivity index (χ4n) is 4.44. The van der Waals surface area contributed by atoms with Crippen LogP contribution in [0.1, 0.15) is 34.0 Å². The summed E-state index contributed by atoms with van der Waals surface area (Å²) in [5.74, 6) is -1.13. The van der Waals surface area contributed by atoms with Gasteiger partial charge >= 0.3 is 0 Å². The summed E-state index contributed by atoms with van der Waals surface area (Å²) in [6.45, 7) is 2.19. The van der Waals surface area contributed by atoms with Crippen molar-refractivity contribution >= 4 is 33.3 Å². The maximum Gasteiger partial charge on any atom is 0.230 e. The van der Waals surface area contributed by atoms with Gasteiger partial charge in [0.2, 0.25) is 5.13 Å². The first kappa shape index (κ1) is 23.6. The normalized spacial score (nSPS) is 18.5. The molecular weight excluding hydrogens is 484 g/mol. The molecule has 0 spiro atoms. The molecule has 1 aromatic heterocycles. The van der Waals surface area contributed by atoms with Gasteiger partial charge in [-0.3, -0.25) is 0 Å². The lowest BCUT2D eigenvalue weighted by atomic mass is 9.83. The lowest BCUT2D eigenvalue weighted by molar-refractivity contribution is 0.434. The van der Waals surface area contributed by atoms with Gasteiger partial charge in [0.25, 0.3) is 0 Å². The van der Waals surface area contributed by atoms with Gasteiger partial charge in [0.1, 0.15) is 26.6 Å². The molecule has 1 aliphatic rings. The number of nitrogens with two attached hydrogens (primary N) is 1. The van der Waals surface area contributed by atoms with Gasteiger partial charge in [-0.1, -0.05) is 83.8 Å². The van der Waals surface area contributed by atoms with Crippen LogP contribution in [0.25, 0.3) is 0 Å². The highest BCUT2D eigenvalue weighted by atomic mass is 32.2. The van der Waals surface area contributed by atoms with Crippen molar-refractivity contribution in [3.05, 3.63) is 112 Å². The maximum atomic E-state index is 15.3. The van der Waals surface area contributed by atoms with Crippen LogP contribution in [0.4, 0.5) is 13.9 Å². The summed E-state index contributed by atoms with van der Waals surface area (Å²) in [6.07, 6.45) is 0.469. The minimum Gasteiger partial charge on any atom is -0.330 e. The molecule has 0 saturated heterocycles. The van der Waals surface area contributed by atoms with Gasteiger partial charge in [0.05, 0.1) is 0 Å². The highest BCUT2D eigenvalue weighted by Gasteiger charge is 2.54. The van der Waals surface area contributed by atoms with E-state index in [1.54, 1.807) is 35.3 Å². The van der Waals surface area contributed by atoms with E-state index in [-0.39, 0.29) is 11.6 Å². The Hall–Kier alpha value is -3.14. The van der Waals surface area contributed by atoms with Crippen LogP contribution in [0, 0.1) is 18.6 Å². The van der Waals surface area contributed by atoms with Crippen molar-refractivity contribution in [2.45, 2.75) is 24.1 Å². The first-order valence-electron chi connectivity index (χ1n) is 11.2. The predicted octanol–water partition coefficient (Wildman–Crippen LogP) is 6.03. The monoisotopic (exact) mass is 507 g/mol. The summed E-state index contributed by atoms with van der Waals surface area (Å²) in [5.41, 5.74) is 7.89. The smallest absolute Gasteiger partial charge is 0.230 e. The number of anilines is 1. The molecule has 0 fully saturated rings. The van der Waals surface area contributed by atoms with E-state index >= 15 is 4.39 Å². The molecule has 178 valence electrons. The number of aromatic nitrogens is 2. The number of halogens is 2. The molecular formula is C26H23F2N5S2. The average Bonchev–Trinajstić information content (AvgIpc) is 3.48. The standard InChI is InChI=1S/C26H23F2N5S2/c1-17-30-31-25(34-17)33-26(18-9-3-2-4-10-18,21(15-16-29)19-11-5-7-13-22(19)27)35-24(32-33)20-12-6-8-14-23(20)28/h2-14,21H,15-16,29H2,1H3. The second-order valence-electron chi connectivity index (χ2n) is 8.12. The van der Waals surface area contributed by atoms with Gasteiger partial charge in [0.15, 0.2) is 0 Å². The van der Waals surface area contributed by atoms with E-state index in [1.165, 1.54) is 35.2 Å². The number of hydrogen-bond acceptors (Lipinski definition) is 7. The van der Waals surface area contributed by atoms with Crippen molar-refractivity contribution < 1.29 is 8.78 Å². The Labute approximate surface area is 210 Å². The van der Waals surface area contributed by atoms with E-state index in [2.05, 4.69) is 10.2 Å². The largest absolute Gasteiger partial charge is 0.330 e. The number of aryl methyl sites for hydroxylation is 1. The molecule has 9 heteroatoms. The molecule has 1 aliphatic heterocycles. The molecule has 0 saturated carbocycles. The lowest BCUT2D eigenvalue weighted by Crippen LogP contribution is -2.44. The second-order valence-corrected chi connectivity index (χ2v) is 10.5. The van der Waals surface area contributed by atoms with Gasteiger partial charge in [0, 0.05) is 11.5 Å². The molecule has 5 rings (SSSR count). The maximum absolute atomic E-state index is 15.3. The van der Waals surface area contributed by atoms with Crippen LogP contribution in [-0.4, -0.2) is 21.8 Å². The third-order valence-corrected chi connectivity index (χ3v) is 8.27. The van der Waals surface area contributed by atoms with Crippen LogP contribution in [0.3, 0.4) is 0 Å². The van der Waals surface area contributed by atoms with Gasteiger partial charge in [-0.2, -0.15) is 5.10 Å². The van der Waals surface area contributed by atoms with Crippen molar-refractivity contribution in [3.63, 3.8) is 0 Å². The average molecular weight is 508 g/mol. The van der Waals surface area contributed by atoms with Crippen molar-refractivity contribution in [1.82, 2.24) is 10.2 Å². The van der Waals surface area contributed by atoms with Crippen LogP contribution in [0.2, 0.25) is 0 Å². The highest BCUT2D eigenvalue weighted by Crippen LogP contribution is 2.58. The Morgan fingerprint density at radius 1 is 0.914 bits per heavy atom. The number of nitrogens with zero attached hydrogens (tertiary/aromatic N) is 4. The molecule has 2 heterocycles. The van der Waals surface area contributed by atoms with Crippen molar-refractivity contribution in [1.29, 1.82) is 0 Å². The molecule has 35 heavy (non-hydrogen) atoms. The van der Waals surface area contributed by atoms with E-state index < -0.39 is 10.8 Å². The quantitative estimate of drug-likeness (QED) is 0.331. The van der Waals surface area contributed by atoms with Crippen LogP contribution >= 0.6 is 23.1 Å². The zero-order valence-corrected chi connectivity index (χ0v) is 20.6. The summed E-state index contributed by atoms with van der Waals surface area (Å²) in [6, 6.07) is 23.0. The fourth-order valence-corrected chi connectivity index (χ4v) is 6.74. The highest BCUT2D eigenvalue weighted by molar-refractivity contribution is 8.15. The molecule has 0 bridgehead atoms. The summed E-state index contributed by atoms with van der Waals surface area (Å²) in [5, 5.41) is 17.1. The van der Waals surface area contributed by atoms with Gasteiger partial charge in [-0.15, -0.1) is 10.2 Å². The van der Waals surface area contributed by atoms with Crippen LogP contribution < -0.4 is 10.7 Å². The molecule has 2 N–H and O–H groups in total. The Morgan fingerprint density at radius 3 is 2.26 bits per heavy atom. The van der Waals surface area contributed by atoms with Crippen molar-refractivity contribution in [2.24, 2.45) is 10.8 Å². The molecule has 0 amide bonds. The van der Waals surface area contributed by atoms with E-state index in [4.69, 9.17) is 10.8 Å². The number of benzene rings is 3. The second kappa shape index (κ2) is 9.85. The zero-order chi connectivity index (χ0) is 24.4. The number of hydrazone groups is 1. The van der Waals surface area contributed by atoms with E-state index in [0.717, 1.165) is 10.6 Å². The third-order valence-electron chi connectivity index (χ3n) is 5.95. The van der Waals surface area contributed by atoms with Crippen molar-refractivity contribution in [3.8, 4) is 0 Å². The van der Waals surface area contributed by atoms with Gasteiger partial charge in [-0.25, -0.2) is 13.8 Å². The predicted molar refractivity (Wildman–Crippen MR) is 139 cm³/mol. The van der Waals surface area contributed by atoms with Crippen molar-refractivity contribution in [2.75, 3.05) is 11.6 Å². The van der Waals surface area contributed by atoms with E-state index in [9.17, 15) is 4.39 Å². The van der Waals surface area contributed by atoms with Crippen LogP contribution in [0.15, 0.2) is 84.0 Å². The molecule has 2 unspecified atom stereocenters. The Morgan fingerprint density at radius 2 is 1.60 bits per heavy atom.